The Kier molecular flexibility index (Phi) is 4.94. The van der Waals surface area contributed by atoms with Crippen LogP contribution in [0.5, 0.6) is 5.75 Å². The van der Waals surface area contributed by atoms with Crippen LogP contribution in [0.1, 0.15) is 24.2 Å². The van der Waals surface area contributed by atoms with Gasteiger partial charge in [0.25, 0.3) is 0 Å². The molecule has 2 aromatic carbocycles. The highest BCUT2D eigenvalue weighted by atomic mass is 16.6. The van der Waals surface area contributed by atoms with Crippen LogP contribution < -0.4 is 4.74 Å². The molecule has 0 fully saturated rings. The molecule has 0 N–H and O–H groups in total. The summed E-state index contributed by atoms with van der Waals surface area (Å²) in [6, 6.07) is 17.8. The van der Waals surface area contributed by atoms with Crippen LogP contribution in [0.15, 0.2) is 54.6 Å². The maximum absolute atomic E-state index is 12.1. The minimum absolute atomic E-state index is 0.282. The first-order chi connectivity index (χ1) is 10.2. The van der Waals surface area contributed by atoms with Crippen LogP contribution in [-0.4, -0.2) is 12.6 Å². The fourth-order valence-electron chi connectivity index (χ4n) is 1.87. The summed E-state index contributed by atoms with van der Waals surface area (Å²) in [5.74, 6) is 0.00187. The van der Waals surface area contributed by atoms with Crippen LogP contribution in [0, 0.1) is 11.3 Å². The summed E-state index contributed by atoms with van der Waals surface area (Å²) in [7, 11) is 0. The normalized spacial score (nSPS) is 11.2. The number of hydrogen-bond donors (Lipinski definition) is 0. The molecule has 0 saturated carbocycles. The van der Waals surface area contributed by atoms with Crippen molar-refractivity contribution in [2.75, 3.05) is 6.61 Å². The third-order valence-corrected chi connectivity index (χ3v) is 2.82. The molecule has 0 bridgehead atoms. The summed E-state index contributed by atoms with van der Waals surface area (Å²) in [5.41, 5.74) is 1.18. The van der Waals surface area contributed by atoms with Crippen molar-refractivity contribution in [1.82, 2.24) is 0 Å². The van der Waals surface area contributed by atoms with Crippen molar-refractivity contribution in [1.29, 1.82) is 5.26 Å². The van der Waals surface area contributed by atoms with Gasteiger partial charge in [-0.2, -0.15) is 5.26 Å². The number of rotatable bonds is 5. The second kappa shape index (κ2) is 7.11. The smallest absolute Gasteiger partial charge is 0.352 e. The van der Waals surface area contributed by atoms with Gasteiger partial charge in [0.2, 0.25) is 6.10 Å². The van der Waals surface area contributed by atoms with Gasteiger partial charge in [-0.15, -0.1) is 0 Å². The van der Waals surface area contributed by atoms with Gasteiger partial charge in [-0.25, -0.2) is 4.79 Å². The summed E-state index contributed by atoms with van der Waals surface area (Å²) in [5, 5.41) is 8.91. The Bertz CT molecular complexity index is 647. The average molecular weight is 281 g/mol. The lowest BCUT2D eigenvalue weighted by Crippen LogP contribution is -2.21. The summed E-state index contributed by atoms with van der Waals surface area (Å²) in [4.78, 5) is 12.1. The van der Waals surface area contributed by atoms with E-state index in [1.807, 2.05) is 24.3 Å². The number of carbonyl (C=O) groups is 1. The monoisotopic (exact) mass is 281 g/mol. The Labute approximate surface area is 123 Å². The summed E-state index contributed by atoms with van der Waals surface area (Å²) in [6.45, 7) is 2.03. The Morgan fingerprint density at radius 1 is 1.19 bits per heavy atom. The molecule has 0 amide bonds. The highest BCUT2D eigenvalue weighted by molar-refractivity contribution is 5.77. The predicted molar refractivity (Wildman–Crippen MR) is 77.6 cm³/mol. The maximum Gasteiger partial charge on any atom is 0.352 e. The largest absolute Gasteiger partial charge is 0.474 e. The zero-order valence-electron chi connectivity index (χ0n) is 11.7. The molecule has 1 unspecified atom stereocenters. The van der Waals surface area contributed by atoms with Crippen LogP contribution in [0.25, 0.3) is 0 Å². The number of nitrogens with zero attached hydrogens (tertiary/aromatic N) is 1. The first-order valence-corrected chi connectivity index (χ1v) is 6.63. The second-order valence-electron chi connectivity index (χ2n) is 4.30. The van der Waals surface area contributed by atoms with E-state index in [0.717, 1.165) is 0 Å². The summed E-state index contributed by atoms with van der Waals surface area (Å²) >= 11 is 0. The predicted octanol–water partition coefficient (Wildman–Crippen LogP) is 3.24. The van der Waals surface area contributed by atoms with Crippen molar-refractivity contribution < 1.29 is 14.3 Å². The van der Waals surface area contributed by atoms with Gasteiger partial charge in [0.1, 0.15) is 5.75 Å². The van der Waals surface area contributed by atoms with E-state index in [1.165, 1.54) is 0 Å². The SMILES string of the molecule is CCOC(=O)C(Oc1cccc(C#N)c1)c1ccccc1. The standard InChI is InChI=1S/C17H15NO3/c1-2-20-17(19)16(14-8-4-3-5-9-14)21-15-10-6-7-13(11-15)12-18/h3-11,16H,2H2,1H3. The number of esters is 1. The van der Waals surface area contributed by atoms with Gasteiger partial charge in [0, 0.05) is 5.56 Å². The Balaban J connectivity index is 2.28. The average Bonchev–Trinajstić information content (AvgIpc) is 2.54. The topological polar surface area (TPSA) is 59.3 Å². The molecule has 0 heterocycles. The number of ether oxygens (including phenoxy) is 2. The van der Waals surface area contributed by atoms with Gasteiger partial charge >= 0.3 is 5.97 Å². The van der Waals surface area contributed by atoms with E-state index in [1.54, 1.807) is 43.3 Å². The zero-order chi connectivity index (χ0) is 15.1. The van der Waals surface area contributed by atoms with Gasteiger partial charge in [-0.3, -0.25) is 0 Å². The van der Waals surface area contributed by atoms with Crippen molar-refractivity contribution in [3.63, 3.8) is 0 Å². The first-order valence-electron chi connectivity index (χ1n) is 6.63. The third kappa shape index (κ3) is 3.83. The van der Waals surface area contributed by atoms with Crippen molar-refractivity contribution in [3.8, 4) is 11.8 Å². The first kappa shape index (κ1) is 14.6. The van der Waals surface area contributed by atoms with E-state index in [-0.39, 0.29) is 6.61 Å². The fourth-order valence-corrected chi connectivity index (χ4v) is 1.87. The molecule has 0 aliphatic heterocycles. The van der Waals surface area contributed by atoms with E-state index in [2.05, 4.69) is 0 Å². The number of benzene rings is 2. The van der Waals surface area contributed by atoms with Crippen LogP contribution in [0.2, 0.25) is 0 Å². The van der Waals surface area contributed by atoms with E-state index < -0.39 is 12.1 Å². The zero-order valence-corrected chi connectivity index (χ0v) is 11.7. The van der Waals surface area contributed by atoms with E-state index >= 15 is 0 Å². The highest BCUT2D eigenvalue weighted by Crippen LogP contribution is 2.24. The maximum atomic E-state index is 12.1. The Morgan fingerprint density at radius 2 is 1.95 bits per heavy atom. The molecule has 21 heavy (non-hydrogen) atoms. The molecule has 0 aromatic heterocycles. The lowest BCUT2D eigenvalue weighted by molar-refractivity contribution is -0.151. The lowest BCUT2D eigenvalue weighted by atomic mass is 10.1. The lowest BCUT2D eigenvalue weighted by Gasteiger charge is -2.18. The van der Waals surface area contributed by atoms with Gasteiger partial charge < -0.3 is 9.47 Å². The minimum atomic E-state index is -0.847. The van der Waals surface area contributed by atoms with Gasteiger partial charge in [-0.1, -0.05) is 36.4 Å². The molecule has 4 heteroatoms. The Morgan fingerprint density at radius 3 is 2.62 bits per heavy atom. The molecule has 0 aliphatic carbocycles. The molecule has 4 nitrogen and oxygen atoms in total. The van der Waals surface area contributed by atoms with Gasteiger partial charge in [-0.05, 0) is 25.1 Å². The molecule has 1 atom stereocenters. The highest BCUT2D eigenvalue weighted by Gasteiger charge is 2.24. The molecule has 0 saturated heterocycles. The molecule has 0 aliphatic rings. The fraction of sp³-hybridized carbons (Fsp3) is 0.176. The number of hydrogen-bond acceptors (Lipinski definition) is 4. The van der Waals surface area contributed by atoms with Crippen molar-refractivity contribution in [2.45, 2.75) is 13.0 Å². The van der Waals surface area contributed by atoms with Crippen molar-refractivity contribution in [3.05, 3.63) is 65.7 Å². The van der Waals surface area contributed by atoms with E-state index in [9.17, 15) is 4.79 Å². The quantitative estimate of drug-likeness (QED) is 0.789. The second-order valence-corrected chi connectivity index (χ2v) is 4.30. The van der Waals surface area contributed by atoms with Crippen LogP contribution in [-0.2, 0) is 9.53 Å². The molecule has 2 rings (SSSR count). The molecule has 0 radical (unpaired) electrons. The number of nitriles is 1. The molecule has 0 spiro atoms. The van der Waals surface area contributed by atoms with Crippen molar-refractivity contribution in [2.24, 2.45) is 0 Å². The Hall–Kier alpha value is -2.80. The molecule has 2 aromatic rings. The van der Waals surface area contributed by atoms with Crippen LogP contribution in [0.4, 0.5) is 0 Å². The molecular formula is C17H15NO3. The summed E-state index contributed by atoms with van der Waals surface area (Å²) < 4.78 is 10.8. The van der Waals surface area contributed by atoms with Gasteiger partial charge in [0.05, 0.1) is 18.2 Å². The van der Waals surface area contributed by atoms with E-state index in [0.29, 0.717) is 16.9 Å². The number of carbonyl (C=O) groups excluding carboxylic acids is 1. The summed E-state index contributed by atoms with van der Waals surface area (Å²) in [6.07, 6.45) is -0.847. The van der Waals surface area contributed by atoms with Crippen LogP contribution >= 0.6 is 0 Å². The third-order valence-electron chi connectivity index (χ3n) is 2.82. The molecular weight excluding hydrogens is 266 g/mol. The minimum Gasteiger partial charge on any atom is -0.474 e. The van der Waals surface area contributed by atoms with Crippen LogP contribution in [0.3, 0.4) is 0 Å². The van der Waals surface area contributed by atoms with Gasteiger partial charge in [0.15, 0.2) is 0 Å². The van der Waals surface area contributed by atoms with Crippen molar-refractivity contribution >= 4 is 5.97 Å². The van der Waals surface area contributed by atoms with E-state index in [4.69, 9.17) is 14.7 Å². The molecule has 106 valence electrons.